The molecule has 1 aromatic carbocycles. The highest BCUT2D eigenvalue weighted by molar-refractivity contribution is 7.99. The third-order valence-corrected chi connectivity index (χ3v) is 7.22. The number of amides is 1. The lowest BCUT2D eigenvalue weighted by Crippen LogP contribution is -2.41. The van der Waals surface area contributed by atoms with Gasteiger partial charge in [-0.15, -0.1) is 11.8 Å². The normalized spacial score (nSPS) is 13.9. The van der Waals surface area contributed by atoms with Gasteiger partial charge in [0.05, 0.1) is 13.5 Å². The number of hydrogen-bond donors (Lipinski definition) is 1. The summed E-state index contributed by atoms with van der Waals surface area (Å²) < 4.78 is 29.7. The fraction of sp³-hybridized carbons (Fsp3) is 0.400. The summed E-state index contributed by atoms with van der Waals surface area (Å²) in [5, 5.41) is 3.26. The topological polar surface area (TPSA) is 103 Å². The van der Waals surface area contributed by atoms with Crippen LogP contribution in [-0.4, -0.2) is 58.5 Å². The molecule has 2 aromatic heterocycles. The van der Waals surface area contributed by atoms with Gasteiger partial charge in [0.2, 0.25) is 0 Å². The largest absolute Gasteiger partial charge is 0.469 e. The van der Waals surface area contributed by atoms with E-state index in [-0.39, 0.29) is 30.2 Å². The molecule has 11 heteroatoms. The van der Waals surface area contributed by atoms with Gasteiger partial charge in [-0.05, 0) is 76.1 Å². The summed E-state index contributed by atoms with van der Waals surface area (Å²) in [4.78, 5) is 35.9. The molecule has 218 valence electrons. The molecule has 0 saturated carbocycles. The molecule has 0 bridgehead atoms. The summed E-state index contributed by atoms with van der Waals surface area (Å²) in [5.41, 5.74) is 0.401. The van der Waals surface area contributed by atoms with Gasteiger partial charge in [0.25, 0.3) is 0 Å². The smallest absolute Gasteiger partial charge is 0.410 e. The summed E-state index contributed by atoms with van der Waals surface area (Å²) in [6, 6.07) is 13.3. The van der Waals surface area contributed by atoms with Gasteiger partial charge in [0.1, 0.15) is 23.0 Å². The third kappa shape index (κ3) is 9.07. The van der Waals surface area contributed by atoms with Crippen LogP contribution in [-0.2, 0) is 14.3 Å². The Labute approximate surface area is 243 Å². The van der Waals surface area contributed by atoms with Gasteiger partial charge in [-0.25, -0.2) is 19.2 Å². The number of hydrogen-bond acceptors (Lipinski definition) is 9. The zero-order valence-corrected chi connectivity index (χ0v) is 24.5. The molecule has 4 rings (SSSR count). The predicted molar refractivity (Wildman–Crippen MR) is 155 cm³/mol. The van der Waals surface area contributed by atoms with Crippen molar-refractivity contribution in [1.82, 2.24) is 14.9 Å². The molecular weight excluding hydrogens is 547 g/mol. The number of nitrogens with one attached hydrogen (secondary N) is 1. The predicted octanol–water partition coefficient (Wildman–Crippen LogP) is 6.92. The first-order valence-electron chi connectivity index (χ1n) is 13.4. The van der Waals surface area contributed by atoms with E-state index in [0.29, 0.717) is 42.0 Å². The van der Waals surface area contributed by atoms with Crippen molar-refractivity contribution >= 4 is 35.5 Å². The van der Waals surface area contributed by atoms with E-state index in [2.05, 4.69) is 10.3 Å². The Morgan fingerprint density at radius 3 is 2.54 bits per heavy atom. The molecule has 0 radical (unpaired) electrons. The number of carbonyl (C=O) groups is 2. The number of esters is 1. The number of methoxy groups -OCH3 is 1. The van der Waals surface area contributed by atoms with Gasteiger partial charge >= 0.3 is 12.1 Å². The monoisotopic (exact) mass is 582 g/mol. The molecule has 1 saturated heterocycles. The van der Waals surface area contributed by atoms with E-state index in [4.69, 9.17) is 19.2 Å². The lowest BCUT2D eigenvalue weighted by Gasteiger charge is -2.33. The first kappa shape index (κ1) is 30.1. The number of benzene rings is 1. The maximum absolute atomic E-state index is 13.5. The Bertz CT molecular complexity index is 1340. The molecular formula is C30H35FN4O5S. The molecule has 9 nitrogen and oxygen atoms in total. The average Bonchev–Trinajstić information content (AvgIpc) is 2.95. The molecule has 1 amide bonds. The van der Waals surface area contributed by atoms with Crippen LogP contribution >= 0.6 is 11.8 Å². The highest BCUT2D eigenvalue weighted by Gasteiger charge is 2.28. The van der Waals surface area contributed by atoms with Crippen LogP contribution in [0.15, 0.2) is 59.6 Å². The number of aromatic nitrogens is 2. The number of rotatable bonds is 9. The number of ether oxygens (including phenoxy) is 3. The summed E-state index contributed by atoms with van der Waals surface area (Å²) in [7, 11) is 1.36. The number of piperidine rings is 1. The molecule has 0 spiro atoms. The Hall–Kier alpha value is -3.86. The molecule has 3 heterocycles. The minimum atomic E-state index is -0.525. The van der Waals surface area contributed by atoms with Crippen LogP contribution in [0.1, 0.15) is 51.6 Å². The molecule has 41 heavy (non-hydrogen) atoms. The quantitative estimate of drug-likeness (QED) is 0.213. The number of halogens is 1. The molecule has 0 aliphatic carbocycles. The third-order valence-electron chi connectivity index (χ3n) is 6.25. The molecule has 3 aromatic rings. The summed E-state index contributed by atoms with van der Waals surface area (Å²) in [6.07, 6.45) is 3.24. The maximum atomic E-state index is 13.5. The zero-order chi connectivity index (χ0) is 29.4. The molecule has 1 fully saturated rings. The van der Waals surface area contributed by atoms with Crippen molar-refractivity contribution in [3.8, 4) is 11.5 Å². The average molecular weight is 583 g/mol. The number of nitrogens with zero attached hydrogens (tertiary/aromatic N) is 3. The Balaban J connectivity index is 1.47. The number of pyridine rings is 2. The first-order valence-corrected chi connectivity index (χ1v) is 14.4. The lowest BCUT2D eigenvalue weighted by atomic mass is 9.93. The fourth-order valence-electron chi connectivity index (χ4n) is 4.22. The molecule has 1 N–H and O–H groups in total. The fourth-order valence-corrected chi connectivity index (χ4v) is 5.04. The van der Waals surface area contributed by atoms with Gasteiger partial charge in [-0.3, -0.25) is 4.79 Å². The summed E-state index contributed by atoms with van der Waals surface area (Å²) in [5.74, 6) is 1.99. The van der Waals surface area contributed by atoms with E-state index in [1.807, 2.05) is 45.0 Å². The summed E-state index contributed by atoms with van der Waals surface area (Å²) >= 11 is 1.45. The van der Waals surface area contributed by atoms with Crippen molar-refractivity contribution < 1.29 is 28.2 Å². The Kier molecular flexibility index (Phi) is 10.0. The first-order chi connectivity index (χ1) is 19.6. The van der Waals surface area contributed by atoms with Gasteiger partial charge in [0, 0.05) is 41.5 Å². The standard InChI is InChI=1S/C30H35FN4O5S/c1-30(2,3)40-29(37)35-15-12-20(13-16-35)24-6-5-7-26(33-24)34-28-25(39-22-10-8-21(31)9-11-22)18-23(19-32-28)41-17-14-27(36)38-4/h5-11,18-20H,12-17H2,1-4H3,(H,32,33,34). The van der Waals surface area contributed by atoms with E-state index in [0.717, 1.165) is 23.4 Å². The molecule has 0 unspecified atom stereocenters. The van der Waals surface area contributed by atoms with Crippen molar-refractivity contribution in [1.29, 1.82) is 0 Å². The van der Waals surface area contributed by atoms with Gasteiger partial charge < -0.3 is 24.4 Å². The van der Waals surface area contributed by atoms with E-state index >= 15 is 0 Å². The number of likely N-dealkylation sites (tertiary alicyclic amines) is 1. The van der Waals surface area contributed by atoms with E-state index in [9.17, 15) is 14.0 Å². The highest BCUT2D eigenvalue weighted by atomic mass is 32.2. The SMILES string of the molecule is COC(=O)CCSc1cnc(Nc2cccc(C3CCN(C(=O)OC(C)(C)C)CC3)n2)c(Oc2ccc(F)cc2)c1. The van der Waals surface area contributed by atoms with Crippen molar-refractivity contribution in [2.24, 2.45) is 0 Å². The van der Waals surface area contributed by atoms with E-state index in [1.165, 1.54) is 31.0 Å². The van der Waals surface area contributed by atoms with Gasteiger partial charge in [-0.1, -0.05) is 6.07 Å². The minimum Gasteiger partial charge on any atom is -0.469 e. The van der Waals surface area contributed by atoms with Crippen molar-refractivity contribution in [2.75, 3.05) is 31.3 Å². The van der Waals surface area contributed by atoms with Gasteiger partial charge in [0.15, 0.2) is 11.6 Å². The number of carbonyl (C=O) groups excluding carboxylic acids is 2. The van der Waals surface area contributed by atoms with Crippen molar-refractivity contribution in [2.45, 2.75) is 56.4 Å². The second kappa shape index (κ2) is 13.7. The highest BCUT2D eigenvalue weighted by Crippen LogP contribution is 2.35. The van der Waals surface area contributed by atoms with E-state index in [1.54, 1.807) is 23.2 Å². The van der Waals surface area contributed by atoms with Crippen LogP contribution < -0.4 is 10.1 Å². The minimum absolute atomic E-state index is 0.201. The van der Waals surface area contributed by atoms with Crippen LogP contribution in [0.3, 0.4) is 0 Å². The van der Waals surface area contributed by atoms with Crippen LogP contribution in [0.2, 0.25) is 0 Å². The Morgan fingerprint density at radius 2 is 1.85 bits per heavy atom. The van der Waals surface area contributed by atoms with Crippen LogP contribution in [0, 0.1) is 5.82 Å². The Morgan fingerprint density at radius 1 is 1.12 bits per heavy atom. The summed E-state index contributed by atoms with van der Waals surface area (Å²) in [6.45, 7) is 6.80. The van der Waals surface area contributed by atoms with Crippen LogP contribution in [0.25, 0.3) is 0 Å². The number of thioether (sulfide) groups is 1. The van der Waals surface area contributed by atoms with Crippen molar-refractivity contribution in [3.05, 3.63) is 66.2 Å². The second-order valence-electron chi connectivity index (χ2n) is 10.6. The van der Waals surface area contributed by atoms with Gasteiger partial charge in [-0.2, -0.15) is 0 Å². The molecule has 1 aliphatic heterocycles. The van der Waals surface area contributed by atoms with Crippen LogP contribution in [0.5, 0.6) is 11.5 Å². The second-order valence-corrected chi connectivity index (χ2v) is 11.7. The zero-order valence-electron chi connectivity index (χ0n) is 23.7. The van der Waals surface area contributed by atoms with E-state index < -0.39 is 5.60 Å². The van der Waals surface area contributed by atoms with Crippen molar-refractivity contribution in [3.63, 3.8) is 0 Å². The molecule has 1 aliphatic rings. The number of anilines is 2. The molecule has 0 atom stereocenters. The maximum Gasteiger partial charge on any atom is 0.410 e. The van der Waals surface area contributed by atoms with Crippen LogP contribution in [0.4, 0.5) is 20.8 Å². The lowest BCUT2D eigenvalue weighted by molar-refractivity contribution is -0.140.